The summed E-state index contributed by atoms with van der Waals surface area (Å²) in [6, 6.07) is 17.2. The van der Waals surface area contributed by atoms with E-state index in [9.17, 15) is 0 Å². The van der Waals surface area contributed by atoms with Crippen LogP contribution in [0, 0.1) is 35.5 Å². The third-order valence-corrected chi connectivity index (χ3v) is 6.45. The summed E-state index contributed by atoms with van der Waals surface area (Å²) in [5.41, 5.74) is 4.81. The van der Waals surface area contributed by atoms with Gasteiger partial charge in [0, 0.05) is 11.1 Å². The highest BCUT2D eigenvalue weighted by atomic mass is 32.1. The van der Waals surface area contributed by atoms with Gasteiger partial charge in [-0.15, -0.1) is 0 Å². The van der Waals surface area contributed by atoms with E-state index < -0.39 is 0 Å². The van der Waals surface area contributed by atoms with Crippen LogP contribution in [-0.4, -0.2) is 4.98 Å². The number of thiazole rings is 1. The summed E-state index contributed by atoms with van der Waals surface area (Å²) in [6.07, 6.45) is 6.48. The van der Waals surface area contributed by atoms with Gasteiger partial charge in [0.1, 0.15) is 0 Å². The average Bonchev–Trinajstić information content (AvgIpc) is 3.26. The van der Waals surface area contributed by atoms with Gasteiger partial charge in [-0.2, -0.15) is 0 Å². The molecule has 0 N–H and O–H groups in total. The molecule has 0 spiro atoms. The third kappa shape index (κ3) is 7.43. The van der Waals surface area contributed by atoms with E-state index in [1.54, 1.807) is 11.3 Å². The molecule has 31 heavy (non-hydrogen) atoms. The lowest BCUT2D eigenvalue weighted by Gasteiger charge is -2.07. The first-order valence-electron chi connectivity index (χ1n) is 11.2. The first-order valence-corrected chi connectivity index (χ1v) is 12.0. The number of nitrogens with zero attached hydrogens (tertiary/aromatic N) is 1. The van der Waals surface area contributed by atoms with Crippen molar-refractivity contribution in [1.82, 2.24) is 4.98 Å². The van der Waals surface area contributed by atoms with Gasteiger partial charge in [-0.3, -0.25) is 0 Å². The molecule has 158 valence electrons. The first kappa shape index (κ1) is 22.9. The van der Waals surface area contributed by atoms with E-state index in [0.29, 0.717) is 0 Å². The molecule has 3 rings (SSSR count). The minimum absolute atomic E-state index is 0.717. The fourth-order valence-electron chi connectivity index (χ4n) is 3.19. The summed E-state index contributed by atoms with van der Waals surface area (Å²) in [4.78, 5) is 5.35. The predicted molar refractivity (Wildman–Crippen MR) is 133 cm³/mol. The maximum absolute atomic E-state index is 4.41. The van der Waals surface area contributed by atoms with Crippen molar-refractivity contribution >= 4 is 11.3 Å². The van der Waals surface area contributed by atoms with E-state index >= 15 is 0 Å². The van der Waals surface area contributed by atoms with Crippen molar-refractivity contribution in [1.29, 1.82) is 0 Å². The molecule has 0 bridgehead atoms. The lowest BCUT2D eigenvalue weighted by atomic mass is 9.98. The monoisotopic (exact) mass is 425 g/mol. The Hall–Kier alpha value is -2.81. The zero-order valence-corrected chi connectivity index (χ0v) is 19.9. The minimum atomic E-state index is 0.717. The Morgan fingerprint density at radius 3 is 1.68 bits per heavy atom. The molecule has 0 saturated carbocycles. The van der Waals surface area contributed by atoms with Crippen LogP contribution in [0.25, 0.3) is 0 Å². The van der Waals surface area contributed by atoms with Crippen molar-refractivity contribution in [3.8, 4) is 23.7 Å². The normalized spacial score (nSPS) is 12.3. The van der Waals surface area contributed by atoms with Crippen molar-refractivity contribution in [2.45, 2.75) is 53.4 Å². The Labute approximate surface area is 192 Å². The van der Waals surface area contributed by atoms with E-state index in [2.05, 4.69) is 105 Å². The highest BCUT2D eigenvalue weighted by molar-refractivity contribution is 7.12. The van der Waals surface area contributed by atoms with Gasteiger partial charge in [0.05, 0.1) is 11.1 Å². The van der Waals surface area contributed by atoms with Gasteiger partial charge in [0.15, 0.2) is 5.01 Å². The molecule has 1 aromatic heterocycles. The van der Waals surface area contributed by atoms with Crippen molar-refractivity contribution in [3.63, 3.8) is 0 Å². The second-order valence-electron chi connectivity index (χ2n) is 8.36. The van der Waals surface area contributed by atoms with Crippen molar-refractivity contribution in [3.05, 3.63) is 86.9 Å². The van der Waals surface area contributed by atoms with Crippen LogP contribution in [0.4, 0.5) is 0 Å². The smallest absolute Gasteiger partial charge is 0.168 e. The highest BCUT2D eigenvalue weighted by Crippen LogP contribution is 2.15. The third-order valence-electron chi connectivity index (χ3n) is 5.62. The fraction of sp³-hybridized carbons (Fsp3) is 0.345. The van der Waals surface area contributed by atoms with Crippen molar-refractivity contribution in [2.75, 3.05) is 0 Å². The highest BCUT2D eigenvalue weighted by Gasteiger charge is 2.02. The molecule has 2 atom stereocenters. The summed E-state index contributed by atoms with van der Waals surface area (Å²) >= 11 is 1.54. The van der Waals surface area contributed by atoms with Gasteiger partial charge < -0.3 is 0 Å². The molecule has 0 unspecified atom stereocenters. The standard InChI is InChI=1S/C29H31NS/c1-5-22(3)19-26-11-7-24(8-12-26)15-17-28-21-30-29(31-28)18-16-25-9-13-27(14-10-25)20-23(4)6-2/h7-14,21-23H,5-6,19-20H2,1-4H3/t22-,23-/m0/s1. The molecule has 0 radical (unpaired) electrons. The van der Waals surface area contributed by atoms with Crippen LogP contribution in [0.15, 0.2) is 54.7 Å². The number of hydrogen-bond acceptors (Lipinski definition) is 2. The summed E-state index contributed by atoms with van der Waals surface area (Å²) in [7, 11) is 0. The number of rotatable bonds is 6. The Bertz CT molecular complexity index is 994. The van der Waals surface area contributed by atoms with Gasteiger partial charge in [-0.05, 0) is 71.9 Å². The van der Waals surface area contributed by atoms with Gasteiger partial charge in [-0.25, -0.2) is 4.98 Å². The molecular formula is C29H31NS. The first-order chi connectivity index (χ1) is 15.1. The van der Waals surface area contributed by atoms with Gasteiger partial charge in [0.2, 0.25) is 0 Å². The Morgan fingerprint density at radius 2 is 1.19 bits per heavy atom. The average molecular weight is 426 g/mol. The maximum atomic E-state index is 4.41. The predicted octanol–water partition coefficient (Wildman–Crippen LogP) is 7.12. The zero-order valence-electron chi connectivity index (χ0n) is 19.0. The quantitative estimate of drug-likeness (QED) is 0.383. The molecule has 0 amide bonds. The number of hydrogen-bond donors (Lipinski definition) is 0. The number of aromatic nitrogens is 1. The van der Waals surface area contributed by atoms with Crippen LogP contribution in [0.2, 0.25) is 0 Å². The molecule has 0 aliphatic rings. The SMILES string of the molecule is CC[C@H](C)Cc1ccc(C#Cc2cnc(C#Cc3ccc(C[C@@H](C)CC)cc3)s2)cc1. The van der Waals surface area contributed by atoms with Crippen LogP contribution < -0.4 is 0 Å². The van der Waals surface area contributed by atoms with E-state index in [0.717, 1.165) is 45.7 Å². The zero-order chi connectivity index (χ0) is 22.1. The topological polar surface area (TPSA) is 12.9 Å². The Morgan fingerprint density at radius 1 is 0.710 bits per heavy atom. The molecule has 0 fully saturated rings. The van der Waals surface area contributed by atoms with Crippen LogP contribution in [0.1, 0.15) is 72.7 Å². The van der Waals surface area contributed by atoms with Crippen molar-refractivity contribution in [2.24, 2.45) is 11.8 Å². The van der Waals surface area contributed by atoms with E-state index in [4.69, 9.17) is 0 Å². The van der Waals surface area contributed by atoms with E-state index in [1.165, 1.54) is 24.0 Å². The molecule has 3 aromatic rings. The Balaban J connectivity index is 1.60. The van der Waals surface area contributed by atoms with Crippen LogP contribution in [0.3, 0.4) is 0 Å². The molecule has 2 aromatic carbocycles. The molecule has 0 aliphatic carbocycles. The molecular weight excluding hydrogens is 394 g/mol. The lowest BCUT2D eigenvalue weighted by molar-refractivity contribution is 0.560. The van der Waals surface area contributed by atoms with Gasteiger partial charge in [-0.1, -0.05) is 88.0 Å². The maximum Gasteiger partial charge on any atom is 0.168 e. The second kappa shape index (κ2) is 11.5. The van der Waals surface area contributed by atoms with Crippen LogP contribution in [0.5, 0.6) is 0 Å². The molecule has 0 aliphatic heterocycles. The summed E-state index contributed by atoms with van der Waals surface area (Å²) in [5.74, 6) is 14.3. The van der Waals surface area contributed by atoms with Crippen LogP contribution in [-0.2, 0) is 12.8 Å². The summed E-state index contributed by atoms with van der Waals surface area (Å²) < 4.78 is 0. The molecule has 0 saturated heterocycles. The largest absolute Gasteiger partial charge is 0.235 e. The van der Waals surface area contributed by atoms with Crippen molar-refractivity contribution < 1.29 is 0 Å². The second-order valence-corrected chi connectivity index (χ2v) is 9.39. The molecule has 2 heteroatoms. The number of benzene rings is 2. The fourth-order valence-corrected chi connectivity index (χ4v) is 3.81. The molecule has 1 heterocycles. The van der Waals surface area contributed by atoms with E-state index in [-0.39, 0.29) is 0 Å². The van der Waals surface area contributed by atoms with Gasteiger partial charge in [0.25, 0.3) is 0 Å². The molecule has 1 nitrogen and oxygen atoms in total. The van der Waals surface area contributed by atoms with Gasteiger partial charge >= 0.3 is 0 Å². The summed E-state index contributed by atoms with van der Waals surface area (Å²) in [6.45, 7) is 9.06. The minimum Gasteiger partial charge on any atom is -0.235 e. The van der Waals surface area contributed by atoms with E-state index in [1.807, 2.05) is 6.20 Å². The van der Waals surface area contributed by atoms with Crippen LogP contribution >= 0.6 is 11.3 Å². The lowest BCUT2D eigenvalue weighted by Crippen LogP contribution is -1.97. The summed E-state index contributed by atoms with van der Waals surface area (Å²) in [5, 5.41) is 0.803. The Kier molecular flexibility index (Phi) is 8.52.